The lowest BCUT2D eigenvalue weighted by Gasteiger charge is -2.32. The topological polar surface area (TPSA) is 49.4 Å². The Labute approximate surface area is 99.3 Å². The normalized spacial score (nSPS) is 23.5. The van der Waals surface area contributed by atoms with E-state index in [1.165, 1.54) is 32.1 Å². The van der Waals surface area contributed by atoms with Gasteiger partial charge in [-0.05, 0) is 39.4 Å². The molecule has 1 aliphatic heterocycles. The van der Waals surface area contributed by atoms with Crippen LogP contribution >= 0.6 is 0 Å². The molecule has 0 amide bonds. The SMILES string of the molecule is CN1CCCCC1CNCCCS(C)(=O)=O. The van der Waals surface area contributed by atoms with Crippen LogP contribution in [0.15, 0.2) is 0 Å². The van der Waals surface area contributed by atoms with Crippen molar-refractivity contribution in [1.29, 1.82) is 0 Å². The maximum absolute atomic E-state index is 10.9. The molecule has 1 fully saturated rings. The quantitative estimate of drug-likeness (QED) is 0.695. The van der Waals surface area contributed by atoms with Crippen LogP contribution in [0, 0.1) is 0 Å². The van der Waals surface area contributed by atoms with Gasteiger partial charge >= 0.3 is 0 Å². The van der Waals surface area contributed by atoms with E-state index in [0.717, 1.165) is 19.5 Å². The van der Waals surface area contributed by atoms with Crippen LogP contribution < -0.4 is 5.32 Å². The molecule has 1 heterocycles. The molecule has 0 spiro atoms. The molecule has 1 saturated heterocycles. The number of likely N-dealkylation sites (tertiary alicyclic amines) is 1. The monoisotopic (exact) mass is 248 g/mol. The number of hydrogen-bond donors (Lipinski definition) is 1. The molecule has 0 aromatic rings. The van der Waals surface area contributed by atoms with Crippen molar-refractivity contribution in [2.75, 3.05) is 38.7 Å². The van der Waals surface area contributed by atoms with E-state index in [2.05, 4.69) is 17.3 Å². The average Bonchev–Trinajstić information content (AvgIpc) is 2.18. The fourth-order valence-electron chi connectivity index (χ4n) is 2.13. The summed E-state index contributed by atoms with van der Waals surface area (Å²) < 4.78 is 21.8. The lowest BCUT2D eigenvalue weighted by Crippen LogP contribution is -2.43. The van der Waals surface area contributed by atoms with Crippen molar-refractivity contribution in [2.45, 2.75) is 31.7 Å². The molecule has 1 atom stereocenters. The Morgan fingerprint density at radius 3 is 2.75 bits per heavy atom. The Hall–Kier alpha value is -0.130. The lowest BCUT2D eigenvalue weighted by atomic mass is 10.0. The van der Waals surface area contributed by atoms with Gasteiger partial charge in [0, 0.05) is 18.8 Å². The molecule has 0 aliphatic carbocycles. The minimum Gasteiger partial charge on any atom is -0.315 e. The standard InChI is InChI=1S/C11H24N2O2S/c1-13-8-4-3-6-11(13)10-12-7-5-9-16(2,14)15/h11-12H,3-10H2,1-2H3. The molecule has 0 saturated carbocycles. The van der Waals surface area contributed by atoms with Gasteiger partial charge in [0.15, 0.2) is 0 Å². The maximum Gasteiger partial charge on any atom is 0.147 e. The first-order chi connectivity index (χ1) is 7.49. The first kappa shape index (κ1) is 13.9. The number of hydrogen-bond acceptors (Lipinski definition) is 4. The van der Waals surface area contributed by atoms with Crippen LogP contribution in [-0.4, -0.2) is 58.1 Å². The minimum absolute atomic E-state index is 0.292. The second-order valence-electron chi connectivity index (χ2n) is 4.82. The van der Waals surface area contributed by atoms with Crippen LogP contribution in [0.2, 0.25) is 0 Å². The Bertz CT molecular complexity index is 290. The van der Waals surface area contributed by atoms with Gasteiger partial charge in [-0.25, -0.2) is 8.42 Å². The van der Waals surface area contributed by atoms with Gasteiger partial charge in [-0.3, -0.25) is 0 Å². The Kier molecular flexibility index (Phi) is 5.72. The van der Waals surface area contributed by atoms with E-state index in [9.17, 15) is 8.42 Å². The molecule has 0 aromatic carbocycles. The van der Waals surface area contributed by atoms with Crippen molar-refractivity contribution in [2.24, 2.45) is 0 Å². The van der Waals surface area contributed by atoms with Crippen molar-refractivity contribution in [3.8, 4) is 0 Å². The molecule has 1 unspecified atom stereocenters. The van der Waals surface area contributed by atoms with E-state index in [1.54, 1.807) is 0 Å². The van der Waals surface area contributed by atoms with Gasteiger partial charge in [0.25, 0.3) is 0 Å². The summed E-state index contributed by atoms with van der Waals surface area (Å²) in [4.78, 5) is 2.40. The van der Waals surface area contributed by atoms with Gasteiger partial charge in [0.1, 0.15) is 9.84 Å². The zero-order valence-corrected chi connectivity index (χ0v) is 11.2. The van der Waals surface area contributed by atoms with Crippen LogP contribution in [0.4, 0.5) is 0 Å². The highest BCUT2D eigenvalue weighted by molar-refractivity contribution is 7.90. The van der Waals surface area contributed by atoms with E-state index in [4.69, 9.17) is 0 Å². The molecule has 5 heteroatoms. The summed E-state index contributed by atoms with van der Waals surface area (Å²) in [5.41, 5.74) is 0. The summed E-state index contributed by atoms with van der Waals surface area (Å²) in [6.07, 6.45) is 5.90. The van der Waals surface area contributed by atoms with Crippen LogP contribution in [0.3, 0.4) is 0 Å². The summed E-state index contributed by atoms with van der Waals surface area (Å²) in [5.74, 6) is 0.292. The highest BCUT2D eigenvalue weighted by Gasteiger charge is 2.17. The largest absolute Gasteiger partial charge is 0.315 e. The third-order valence-electron chi connectivity index (χ3n) is 3.17. The highest BCUT2D eigenvalue weighted by Crippen LogP contribution is 2.13. The Balaban J connectivity index is 2.06. The number of nitrogens with zero attached hydrogens (tertiary/aromatic N) is 1. The molecule has 0 radical (unpaired) electrons. The molecule has 16 heavy (non-hydrogen) atoms. The van der Waals surface area contributed by atoms with Crippen molar-refractivity contribution in [3.63, 3.8) is 0 Å². The summed E-state index contributed by atoms with van der Waals surface area (Å²) in [5, 5.41) is 3.35. The fraction of sp³-hybridized carbons (Fsp3) is 1.00. The molecule has 1 rings (SSSR count). The number of rotatable bonds is 6. The van der Waals surface area contributed by atoms with Crippen LogP contribution in [0.5, 0.6) is 0 Å². The predicted octanol–water partition coefficient (Wildman–Crippen LogP) is 0.495. The molecule has 1 N–H and O–H groups in total. The van der Waals surface area contributed by atoms with Crippen LogP contribution in [0.1, 0.15) is 25.7 Å². The van der Waals surface area contributed by atoms with Gasteiger partial charge < -0.3 is 10.2 Å². The molecule has 4 nitrogen and oxygen atoms in total. The lowest BCUT2D eigenvalue weighted by molar-refractivity contribution is 0.182. The minimum atomic E-state index is -2.79. The molecular formula is C11H24N2O2S. The van der Waals surface area contributed by atoms with Crippen molar-refractivity contribution in [1.82, 2.24) is 10.2 Å². The van der Waals surface area contributed by atoms with Gasteiger partial charge in [0.2, 0.25) is 0 Å². The summed E-state index contributed by atoms with van der Waals surface area (Å²) in [6, 6.07) is 0.631. The number of likely N-dealkylation sites (N-methyl/N-ethyl adjacent to an activating group) is 1. The zero-order chi connectivity index (χ0) is 12.0. The van der Waals surface area contributed by atoms with Crippen molar-refractivity contribution >= 4 is 9.84 Å². The fourth-order valence-corrected chi connectivity index (χ4v) is 2.80. The number of sulfone groups is 1. The number of nitrogens with one attached hydrogen (secondary N) is 1. The molecule has 0 aromatic heterocycles. The summed E-state index contributed by atoms with van der Waals surface area (Å²) in [7, 11) is -0.622. The van der Waals surface area contributed by atoms with E-state index < -0.39 is 9.84 Å². The highest BCUT2D eigenvalue weighted by atomic mass is 32.2. The zero-order valence-electron chi connectivity index (χ0n) is 10.4. The summed E-state index contributed by atoms with van der Waals surface area (Å²) >= 11 is 0. The molecule has 96 valence electrons. The van der Waals surface area contributed by atoms with E-state index in [0.29, 0.717) is 11.8 Å². The molecular weight excluding hydrogens is 224 g/mol. The average molecular weight is 248 g/mol. The second-order valence-corrected chi connectivity index (χ2v) is 7.08. The Morgan fingerprint density at radius 2 is 2.12 bits per heavy atom. The second kappa shape index (κ2) is 6.57. The first-order valence-electron chi connectivity index (χ1n) is 6.08. The third-order valence-corrected chi connectivity index (χ3v) is 4.20. The molecule has 0 bridgehead atoms. The van der Waals surface area contributed by atoms with Gasteiger partial charge in [-0.1, -0.05) is 6.42 Å². The van der Waals surface area contributed by atoms with Crippen molar-refractivity contribution in [3.05, 3.63) is 0 Å². The molecule has 1 aliphatic rings. The first-order valence-corrected chi connectivity index (χ1v) is 8.14. The maximum atomic E-state index is 10.9. The summed E-state index contributed by atoms with van der Waals surface area (Å²) in [6.45, 7) is 2.98. The number of piperidine rings is 1. The van der Waals surface area contributed by atoms with E-state index in [-0.39, 0.29) is 0 Å². The van der Waals surface area contributed by atoms with E-state index in [1.807, 2.05) is 0 Å². The van der Waals surface area contributed by atoms with Crippen molar-refractivity contribution < 1.29 is 8.42 Å². The van der Waals surface area contributed by atoms with Gasteiger partial charge in [0.05, 0.1) is 5.75 Å². The van der Waals surface area contributed by atoms with Crippen LogP contribution in [0.25, 0.3) is 0 Å². The van der Waals surface area contributed by atoms with Gasteiger partial charge in [-0.15, -0.1) is 0 Å². The smallest absolute Gasteiger partial charge is 0.147 e. The van der Waals surface area contributed by atoms with Crippen LogP contribution in [-0.2, 0) is 9.84 Å². The Morgan fingerprint density at radius 1 is 1.38 bits per heavy atom. The van der Waals surface area contributed by atoms with E-state index >= 15 is 0 Å². The third kappa shape index (κ3) is 5.82. The predicted molar refractivity (Wildman–Crippen MR) is 67.5 cm³/mol. The van der Waals surface area contributed by atoms with Gasteiger partial charge in [-0.2, -0.15) is 0 Å².